The van der Waals surface area contributed by atoms with Gasteiger partial charge in [0.1, 0.15) is 0 Å². The third kappa shape index (κ3) is 47.7. The minimum absolute atomic E-state index is 0.00531. The number of hydrogen-bond acceptors (Lipinski definition) is 8. The number of unbranched alkanes of at least 4 members (excludes halogenated alkanes) is 27. The standard InChI is InChI=1S/C70H133N3O6/c1-7-13-19-34-47-64(44-16-10-4)60-77-68(74)52-39-30-24-22-28-37-50-67(51-38-29-23-25-31-40-53-69(75)78-61-65(45-17-11-5)48-35-20-14-8-2)73(58-43-56-72-59-55-71-63-72)57-42-33-27-26-32-41-54-70(76)79-62-66(46-18-12-6)49-36-21-15-9-3/h55,59,63-67H,7-54,56-58,60-62H2,1-6H3. The van der Waals surface area contributed by atoms with Gasteiger partial charge in [-0.25, -0.2) is 4.98 Å². The second kappa shape index (κ2) is 57.4. The van der Waals surface area contributed by atoms with E-state index in [2.05, 4.69) is 62.2 Å². The van der Waals surface area contributed by atoms with Crippen molar-refractivity contribution in [3.05, 3.63) is 18.7 Å². The Morgan fingerprint density at radius 2 is 0.671 bits per heavy atom. The average Bonchev–Trinajstić information content (AvgIpc) is 3.98. The molecular weight excluding hydrogens is 979 g/mol. The van der Waals surface area contributed by atoms with Crippen molar-refractivity contribution in [2.24, 2.45) is 17.8 Å². The lowest BCUT2D eigenvalue weighted by Gasteiger charge is -2.32. The summed E-state index contributed by atoms with van der Waals surface area (Å²) in [5.74, 6) is 1.59. The van der Waals surface area contributed by atoms with Gasteiger partial charge in [-0.15, -0.1) is 0 Å². The number of carbonyl (C=O) groups excluding carboxylic acids is 3. The van der Waals surface area contributed by atoms with E-state index < -0.39 is 0 Å². The first-order valence-corrected chi connectivity index (χ1v) is 35.0. The quantitative estimate of drug-likeness (QED) is 0.0361. The number of esters is 3. The maximum Gasteiger partial charge on any atom is 0.305 e. The summed E-state index contributed by atoms with van der Waals surface area (Å²) in [5.41, 5.74) is 0. The highest BCUT2D eigenvalue weighted by Gasteiger charge is 2.19. The molecule has 0 radical (unpaired) electrons. The molecule has 0 amide bonds. The van der Waals surface area contributed by atoms with Gasteiger partial charge in [0.15, 0.2) is 0 Å². The molecule has 0 spiro atoms. The number of nitrogens with zero attached hydrogens (tertiary/aromatic N) is 3. The summed E-state index contributed by atoms with van der Waals surface area (Å²) in [7, 11) is 0. The van der Waals surface area contributed by atoms with Gasteiger partial charge >= 0.3 is 17.9 Å². The maximum absolute atomic E-state index is 12.7. The summed E-state index contributed by atoms with van der Waals surface area (Å²) in [6, 6.07) is 0.594. The van der Waals surface area contributed by atoms with Crippen molar-refractivity contribution < 1.29 is 28.6 Å². The van der Waals surface area contributed by atoms with E-state index in [1.54, 1.807) is 0 Å². The molecule has 3 unspecified atom stereocenters. The van der Waals surface area contributed by atoms with Crippen molar-refractivity contribution in [1.82, 2.24) is 14.5 Å². The fraction of sp³-hybridized carbons (Fsp3) is 0.914. The van der Waals surface area contributed by atoms with Crippen LogP contribution >= 0.6 is 0 Å². The molecule has 9 nitrogen and oxygen atoms in total. The first-order chi connectivity index (χ1) is 38.8. The van der Waals surface area contributed by atoms with Crippen LogP contribution in [0.5, 0.6) is 0 Å². The third-order valence-corrected chi connectivity index (χ3v) is 17.1. The Labute approximate surface area is 490 Å². The van der Waals surface area contributed by atoms with Crippen molar-refractivity contribution in [1.29, 1.82) is 0 Å². The monoisotopic (exact) mass is 1110 g/mol. The molecule has 1 aromatic heterocycles. The normalized spacial score (nSPS) is 13.2. The van der Waals surface area contributed by atoms with E-state index in [9.17, 15) is 14.4 Å². The first kappa shape index (κ1) is 74.6. The maximum atomic E-state index is 12.7. The van der Waals surface area contributed by atoms with Crippen molar-refractivity contribution in [2.45, 2.75) is 362 Å². The van der Waals surface area contributed by atoms with Crippen LogP contribution in [0.25, 0.3) is 0 Å². The molecule has 0 aliphatic heterocycles. The zero-order chi connectivity index (χ0) is 57.3. The third-order valence-electron chi connectivity index (χ3n) is 17.1. The van der Waals surface area contributed by atoms with Crippen LogP contribution in [-0.2, 0) is 35.1 Å². The molecule has 9 heteroatoms. The van der Waals surface area contributed by atoms with Crippen molar-refractivity contribution in [2.75, 3.05) is 32.9 Å². The second-order valence-corrected chi connectivity index (χ2v) is 24.7. The van der Waals surface area contributed by atoms with E-state index in [0.717, 1.165) is 64.6 Å². The highest BCUT2D eigenvalue weighted by atomic mass is 16.5. The van der Waals surface area contributed by atoms with Gasteiger partial charge in [0, 0.05) is 50.8 Å². The molecule has 79 heavy (non-hydrogen) atoms. The molecule has 0 saturated heterocycles. The number of imidazole rings is 1. The lowest BCUT2D eigenvalue weighted by Crippen LogP contribution is -2.37. The van der Waals surface area contributed by atoms with Crippen molar-refractivity contribution >= 4 is 17.9 Å². The smallest absolute Gasteiger partial charge is 0.305 e. The molecule has 1 aromatic rings. The molecule has 0 N–H and O–H groups in total. The molecule has 1 rings (SSSR count). The van der Waals surface area contributed by atoms with Crippen LogP contribution in [0.4, 0.5) is 0 Å². The first-order valence-electron chi connectivity index (χ1n) is 35.0. The Morgan fingerprint density at radius 1 is 0.367 bits per heavy atom. The van der Waals surface area contributed by atoms with Gasteiger partial charge < -0.3 is 23.7 Å². The number of aryl methyl sites for hydroxylation is 1. The predicted octanol–water partition coefficient (Wildman–Crippen LogP) is 20.9. The van der Waals surface area contributed by atoms with Crippen molar-refractivity contribution in [3.8, 4) is 0 Å². The van der Waals surface area contributed by atoms with Gasteiger partial charge in [-0.3, -0.25) is 14.4 Å². The molecule has 0 aliphatic rings. The minimum atomic E-state index is 0.00531. The van der Waals surface area contributed by atoms with Crippen LogP contribution in [0.2, 0.25) is 0 Å². The van der Waals surface area contributed by atoms with Gasteiger partial charge in [0.2, 0.25) is 0 Å². The zero-order valence-corrected chi connectivity index (χ0v) is 53.5. The molecule has 0 aromatic carbocycles. The Morgan fingerprint density at radius 3 is 1.03 bits per heavy atom. The van der Waals surface area contributed by atoms with Crippen LogP contribution in [0.1, 0.15) is 350 Å². The SMILES string of the molecule is CCCCCCC(CCCC)COC(=O)CCCCCCCCC(CCCCCCCCC(=O)OCC(CCCC)CCCCCC)N(CCCCCCCCC(=O)OCC(CCCC)CCCCCC)CCCn1ccnc1. The summed E-state index contributed by atoms with van der Waals surface area (Å²) < 4.78 is 19.7. The van der Waals surface area contributed by atoms with E-state index in [1.165, 1.54) is 244 Å². The summed E-state index contributed by atoms with van der Waals surface area (Å²) in [6.07, 6.45) is 61.9. The topological polar surface area (TPSA) is 100.0 Å². The number of hydrogen-bond donors (Lipinski definition) is 0. The fourth-order valence-electron chi connectivity index (χ4n) is 11.7. The van der Waals surface area contributed by atoms with E-state index in [-0.39, 0.29) is 17.9 Å². The number of carbonyl (C=O) groups is 3. The van der Waals surface area contributed by atoms with Crippen molar-refractivity contribution in [3.63, 3.8) is 0 Å². The zero-order valence-electron chi connectivity index (χ0n) is 53.5. The van der Waals surface area contributed by atoms with Crippen LogP contribution in [0.15, 0.2) is 18.7 Å². The van der Waals surface area contributed by atoms with Crippen LogP contribution in [0.3, 0.4) is 0 Å². The Balaban J connectivity index is 2.72. The van der Waals surface area contributed by atoms with E-state index in [0.29, 0.717) is 62.9 Å². The van der Waals surface area contributed by atoms with Gasteiger partial charge in [-0.05, 0) is 108 Å². The second-order valence-electron chi connectivity index (χ2n) is 24.7. The van der Waals surface area contributed by atoms with Crippen LogP contribution in [-0.4, -0.2) is 71.3 Å². The molecule has 0 aliphatic carbocycles. The van der Waals surface area contributed by atoms with Gasteiger partial charge in [-0.1, -0.05) is 247 Å². The molecular formula is C70H133N3O6. The molecule has 0 fully saturated rings. The summed E-state index contributed by atoms with van der Waals surface area (Å²) >= 11 is 0. The number of aromatic nitrogens is 2. The summed E-state index contributed by atoms with van der Waals surface area (Å²) in [5, 5.41) is 0. The highest BCUT2D eigenvalue weighted by Crippen LogP contribution is 2.24. The minimum Gasteiger partial charge on any atom is -0.465 e. The molecule has 0 saturated carbocycles. The Bertz CT molecular complexity index is 1380. The van der Waals surface area contributed by atoms with Gasteiger partial charge in [0.05, 0.1) is 26.1 Å². The van der Waals surface area contributed by atoms with Gasteiger partial charge in [-0.2, -0.15) is 0 Å². The van der Waals surface area contributed by atoms with Crippen LogP contribution < -0.4 is 0 Å². The lowest BCUT2D eigenvalue weighted by atomic mass is 9.96. The summed E-state index contributed by atoms with van der Waals surface area (Å²) in [6.45, 7) is 18.7. The lowest BCUT2D eigenvalue weighted by molar-refractivity contribution is -0.146. The summed E-state index contributed by atoms with van der Waals surface area (Å²) in [4.78, 5) is 45.3. The van der Waals surface area contributed by atoms with E-state index in [1.807, 2.05) is 12.5 Å². The Kier molecular flexibility index (Phi) is 54.2. The van der Waals surface area contributed by atoms with E-state index in [4.69, 9.17) is 14.2 Å². The highest BCUT2D eigenvalue weighted by molar-refractivity contribution is 5.69. The molecule has 3 atom stereocenters. The van der Waals surface area contributed by atoms with Crippen LogP contribution in [0, 0.1) is 17.8 Å². The largest absolute Gasteiger partial charge is 0.465 e. The number of ether oxygens (including phenoxy) is 3. The average molecular weight is 1110 g/mol. The molecule has 464 valence electrons. The van der Waals surface area contributed by atoms with Gasteiger partial charge in [0.25, 0.3) is 0 Å². The predicted molar refractivity (Wildman–Crippen MR) is 337 cm³/mol. The number of rotatable bonds is 62. The Hall–Kier alpha value is -2.42. The molecule has 1 heterocycles. The van der Waals surface area contributed by atoms with E-state index >= 15 is 0 Å². The molecule has 0 bridgehead atoms. The fourth-order valence-corrected chi connectivity index (χ4v) is 11.7.